The van der Waals surface area contributed by atoms with Gasteiger partial charge >= 0.3 is 5.97 Å². The number of hydrogen-bond donors (Lipinski definition) is 1. The van der Waals surface area contributed by atoms with E-state index in [4.69, 9.17) is 16.7 Å². The lowest BCUT2D eigenvalue weighted by Crippen LogP contribution is -2.36. The fourth-order valence-corrected chi connectivity index (χ4v) is 2.10. The number of hydrogen-bond acceptors (Lipinski definition) is 3. The van der Waals surface area contributed by atoms with Crippen molar-refractivity contribution in [1.82, 2.24) is 4.98 Å². The van der Waals surface area contributed by atoms with Gasteiger partial charge in [-0.25, -0.2) is 9.78 Å². The highest BCUT2D eigenvalue weighted by molar-refractivity contribution is 6.33. The Morgan fingerprint density at radius 3 is 3.13 bits per heavy atom. The molecule has 0 aliphatic carbocycles. The largest absolute Gasteiger partial charge is 0.480 e. The number of pyridine rings is 1. The first-order valence-corrected chi connectivity index (χ1v) is 5.18. The highest BCUT2D eigenvalue weighted by Gasteiger charge is 2.32. The highest BCUT2D eigenvalue weighted by Crippen LogP contribution is 2.29. The zero-order chi connectivity index (χ0) is 10.8. The van der Waals surface area contributed by atoms with Crippen LogP contribution in [0.1, 0.15) is 12.8 Å². The van der Waals surface area contributed by atoms with Crippen LogP contribution in [0, 0.1) is 0 Å². The van der Waals surface area contributed by atoms with Gasteiger partial charge in [-0.3, -0.25) is 0 Å². The van der Waals surface area contributed by atoms with E-state index >= 15 is 0 Å². The van der Waals surface area contributed by atoms with Gasteiger partial charge in [-0.1, -0.05) is 11.6 Å². The minimum absolute atomic E-state index is 0.489. The Kier molecular flexibility index (Phi) is 2.77. The van der Waals surface area contributed by atoms with Crippen molar-refractivity contribution in [2.24, 2.45) is 0 Å². The van der Waals surface area contributed by atoms with Gasteiger partial charge in [-0.15, -0.1) is 0 Å². The molecule has 1 atom stereocenters. The minimum Gasteiger partial charge on any atom is -0.480 e. The van der Waals surface area contributed by atoms with Crippen LogP contribution in [0.2, 0.25) is 5.02 Å². The molecule has 1 N–H and O–H groups in total. The van der Waals surface area contributed by atoms with Crippen molar-refractivity contribution in [3.05, 3.63) is 23.4 Å². The summed E-state index contributed by atoms with van der Waals surface area (Å²) in [7, 11) is 0. The van der Waals surface area contributed by atoms with Crippen LogP contribution in [0.4, 0.5) is 5.82 Å². The molecule has 0 spiro atoms. The summed E-state index contributed by atoms with van der Waals surface area (Å²) in [5, 5.41) is 9.53. The van der Waals surface area contributed by atoms with Gasteiger partial charge in [0.15, 0.2) is 0 Å². The fraction of sp³-hybridized carbons (Fsp3) is 0.400. The third-order valence-corrected chi connectivity index (χ3v) is 2.84. The van der Waals surface area contributed by atoms with Crippen molar-refractivity contribution < 1.29 is 9.90 Å². The number of aromatic nitrogens is 1. The molecule has 0 bridgehead atoms. The smallest absolute Gasteiger partial charge is 0.326 e. The molecule has 1 saturated heterocycles. The fourth-order valence-electron chi connectivity index (χ4n) is 1.87. The Bertz CT molecular complexity index is 383. The summed E-state index contributed by atoms with van der Waals surface area (Å²) in [5.74, 6) is -0.238. The molecule has 1 unspecified atom stereocenters. The van der Waals surface area contributed by atoms with E-state index in [9.17, 15) is 4.79 Å². The maximum absolute atomic E-state index is 11.0. The first kappa shape index (κ1) is 10.2. The molecule has 4 nitrogen and oxygen atoms in total. The van der Waals surface area contributed by atoms with Gasteiger partial charge < -0.3 is 10.0 Å². The van der Waals surface area contributed by atoms with E-state index in [2.05, 4.69) is 4.98 Å². The molecule has 1 aliphatic rings. The number of nitrogens with zero attached hydrogens (tertiary/aromatic N) is 2. The Hall–Kier alpha value is -1.29. The van der Waals surface area contributed by atoms with E-state index in [0.29, 0.717) is 23.8 Å². The third kappa shape index (κ3) is 1.90. The second-order valence-corrected chi connectivity index (χ2v) is 3.91. The molecule has 5 heteroatoms. The Morgan fingerprint density at radius 2 is 2.47 bits per heavy atom. The normalized spacial score (nSPS) is 20.6. The molecule has 0 amide bonds. The van der Waals surface area contributed by atoms with Crippen molar-refractivity contribution in [3.8, 4) is 0 Å². The zero-order valence-electron chi connectivity index (χ0n) is 8.06. The van der Waals surface area contributed by atoms with E-state index < -0.39 is 12.0 Å². The Labute approximate surface area is 92.5 Å². The van der Waals surface area contributed by atoms with Gasteiger partial charge in [-0.2, -0.15) is 0 Å². The first-order chi connectivity index (χ1) is 7.20. The van der Waals surface area contributed by atoms with Gasteiger partial charge in [0.25, 0.3) is 0 Å². The molecule has 15 heavy (non-hydrogen) atoms. The number of rotatable bonds is 2. The molecule has 0 aromatic carbocycles. The van der Waals surface area contributed by atoms with Gasteiger partial charge in [-0.05, 0) is 25.0 Å². The summed E-state index contributed by atoms with van der Waals surface area (Å²) in [6.45, 7) is 0.702. The van der Waals surface area contributed by atoms with Crippen LogP contribution >= 0.6 is 11.6 Å². The number of carboxylic acid groups (broad SMARTS) is 1. The molecule has 80 valence electrons. The summed E-state index contributed by atoms with van der Waals surface area (Å²) in [4.78, 5) is 16.9. The molecule has 0 radical (unpaired) electrons. The lowest BCUT2D eigenvalue weighted by atomic mass is 10.2. The van der Waals surface area contributed by atoms with E-state index in [0.717, 1.165) is 6.42 Å². The van der Waals surface area contributed by atoms with Crippen LogP contribution in [0.15, 0.2) is 18.3 Å². The molecular weight excluding hydrogens is 216 g/mol. The van der Waals surface area contributed by atoms with Gasteiger partial charge in [0.2, 0.25) is 0 Å². The zero-order valence-corrected chi connectivity index (χ0v) is 8.81. The van der Waals surface area contributed by atoms with Crippen molar-refractivity contribution in [1.29, 1.82) is 0 Å². The SMILES string of the molecule is O=C(O)C1CCCN1c1ncccc1Cl. The minimum atomic E-state index is -0.811. The lowest BCUT2D eigenvalue weighted by molar-refractivity contribution is -0.138. The van der Waals surface area contributed by atoms with Crippen LogP contribution in [0.25, 0.3) is 0 Å². The molecular formula is C10H11ClN2O2. The predicted molar refractivity (Wildman–Crippen MR) is 57.3 cm³/mol. The lowest BCUT2D eigenvalue weighted by Gasteiger charge is -2.23. The molecule has 0 saturated carbocycles. The van der Waals surface area contributed by atoms with Crippen LogP contribution in [-0.4, -0.2) is 28.6 Å². The summed E-state index contributed by atoms with van der Waals surface area (Å²) >= 11 is 5.98. The number of aliphatic carboxylic acids is 1. The monoisotopic (exact) mass is 226 g/mol. The third-order valence-electron chi connectivity index (χ3n) is 2.55. The van der Waals surface area contributed by atoms with Crippen LogP contribution in [-0.2, 0) is 4.79 Å². The second-order valence-electron chi connectivity index (χ2n) is 3.50. The molecule has 2 rings (SSSR count). The summed E-state index contributed by atoms with van der Waals surface area (Å²) in [6.07, 6.45) is 3.14. The van der Waals surface area contributed by atoms with Crippen LogP contribution < -0.4 is 4.90 Å². The quantitative estimate of drug-likeness (QED) is 0.836. The predicted octanol–water partition coefficient (Wildman–Crippen LogP) is 1.79. The average Bonchev–Trinajstić information content (AvgIpc) is 2.67. The standard InChI is InChI=1S/C10H11ClN2O2/c11-7-3-1-5-12-9(7)13-6-2-4-8(13)10(14)15/h1,3,5,8H,2,4,6H2,(H,14,15). The molecule has 1 aromatic heterocycles. The maximum atomic E-state index is 11.0. The van der Waals surface area contributed by atoms with Crippen molar-refractivity contribution >= 4 is 23.4 Å². The molecule has 2 heterocycles. The van der Waals surface area contributed by atoms with Gasteiger partial charge in [0.1, 0.15) is 11.9 Å². The summed E-state index contributed by atoms with van der Waals surface area (Å²) < 4.78 is 0. The van der Waals surface area contributed by atoms with Crippen molar-refractivity contribution in [2.45, 2.75) is 18.9 Å². The van der Waals surface area contributed by atoms with Crippen LogP contribution in [0.3, 0.4) is 0 Å². The Balaban J connectivity index is 2.30. The number of halogens is 1. The summed E-state index contributed by atoms with van der Waals surface area (Å²) in [5.41, 5.74) is 0. The number of carboxylic acids is 1. The van der Waals surface area contributed by atoms with E-state index in [1.807, 2.05) is 0 Å². The topological polar surface area (TPSA) is 53.4 Å². The maximum Gasteiger partial charge on any atom is 0.326 e. The number of anilines is 1. The van der Waals surface area contributed by atoms with E-state index in [-0.39, 0.29) is 0 Å². The van der Waals surface area contributed by atoms with E-state index in [1.54, 1.807) is 23.2 Å². The molecule has 1 aliphatic heterocycles. The highest BCUT2D eigenvalue weighted by atomic mass is 35.5. The van der Waals surface area contributed by atoms with Gasteiger partial charge in [0, 0.05) is 12.7 Å². The van der Waals surface area contributed by atoms with Crippen molar-refractivity contribution in [3.63, 3.8) is 0 Å². The number of carbonyl (C=O) groups is 1. The second kappa shape index (κ2) is 4.06. The average molecular weight is 227 g/mol. The molecule has 1 aromatic rings. The first-order valence-electron chi connectivity index (χ1n) is 4.80. The van der Waals surface area contributed by atoms with Gasteiger partial charge in [0.05, 0.1) is 5.02 Å². The Morgan fingerprint density at radius 1 is 1.67 bits per heavy atom. The van der Waals surface area contributed by atoms with Crippen LogP contribution in [0.5, 0.6) is 0 Å². The molecule has 1 fully saturated rings. The van der Waals surface area contributed by atoms with E-state index in [1.165, 1.54) is 0 Å². The van der Waals surface area contributed by atoms with Crippen molar-refractivity contribution in [2.75, 3.05) is 11.4 Å². The summed E-state index contributed by atoms with van der Waals surface area (Å²) in [6, 6.07) is 2.97.